The van der Waals surface area contributed by atoms with Gasteiger partial charge in [-0.3, -0.25) is 9.59 Å². The first-order valence-electron chi connectivity index (χ1n) is 14.7. The van der Waals surface area contributed by atoms with E-state index in [1.54, 1.807) is 28.0 Å². The van der Waals surface area contributed by atoms with Crippen LogP contribution in [0.1, 0.15) is 44.6 Å². The number of carbonyl (C=O) groups excluding carboxylic acids is 2. The summed E-state index contributed by atoms with van der Waals surface area (Å²) in [4.78, 5) is 27.5. The number of hydrogen-bond acceptors (Lipinski definition) is 10. The molecule has 6 rings (SSSR count). The number of thiophene rings is 1. The minimum atomic E-state index is -3.65. The molecule has 46 heavy (non-hydrogen) atoms. The van der Waals surface area contributed by atoms with Crippen LogP contribution in [0.2, 0.25) is 0 Å². The number of morpholine rings is 1. The molecule has 2 aliphatic rings. The largest absolute Gasteiger partial charge is 0.379 e. The van der Waals surface area contributed by atoms with Crippen molar-refractivity contribution in [2.75, 3.05) is 32.1 Å². The molecule has 0 spiro atoms. The van der Waals surface area contributed by atoms with Crippen LogP contribution in [0.4, 0.5) is 0 Å². The van der Waals surface area contributed by atoms with Crippen LogP contribution in [-0.2, 0) is 33.1 Å². The van der Waals surface area contributed by atoms with Crippen molar-refractivity contribution in [2.24, 2.45) is 12.1 Å². The molecule has 1 saturated heterocycles. The lowest BCUT2D eigenvalue weighted by molar-refractivity contribution is -0.130. The van der Waals surface area contributed by atoms with Gasteiger partial charge in [-0.25, -0.2) is 13.4 Å². The van der Waals surface area contributed by atoms with Crippen molar-refractivity contribution in [3.8, 4) is 0 Å². The molecule has 2 aliphatic heterocycles. The smallest absolute Gasteiger partial charge is 0.253 e. The maximum absolute atomic E-state index is 13.5. The van der Waals surface area contributed by atoms with Gasteiger partial charge in [-0.1, -0.05) is 47.7 Å². The van der Waals surface area contributed by atoms with Gasteiger partial charge in [0.15, 0.2) is 11.0 Å². The number of carbonyl (C=O) groups is 2. The summed E-state index contributed by atoms with van der Waals surface area (Å²) in [5.74, 6) is 0.102. The Balaban J connectivity index is 1.06. The second-order valence-corrected chi connectivity index (χ2v) is 14.7. The lowest BCUT2D eigenvalue weighted by Crippen LogP contribution is -2.40. The van der Waals surface area contributed by atoms with Gasteiger partial charge in [0.05, 0.1) is 47.0 Å². The van der Waals surface area contributed by atoms with Crippen LogP contribution in [-0.4, -0.2) is 82.1 Å². The molecule has 0 aliphatic carbocycles. The van der Waals surface area contributed by atoms with E-state index in [9.17, 15) is 18.0 Å². The number of aromatic nitrogens is 3. The zero-order valence-corrected chi connectivity index (χ0v) is 27.8. The third-order valence-corrected chi connectivity index (χ3v) is 11.7. The summed E-state index contributed by atoms with van der Waals surface area (Å²) < 4.78 is 34.1. The summed E-state index contributed by atoms with van der Waals surface area (Å²) in [6.07, 6.45) is 0.639. The van der Waals surface area contributed by atoms with Crippen LogP contribution >= 0.6 is 23.1 Å². The summed E-state index contributed by atoms with van der Waals surface area (Å²) in [5, 5.41) is 20.1. The summed E-state index contributed by atoms with van der Waals surface area (Å²) in [6, 6.07) is 17.8. The van der Waals surface area contributed by atoms with Crippen molar-refractivity contribution in [3.05, 3.63) is 93.4 Å². The lowest BCUT2D eigenvalue weighted by Gasteiger charge is -2.26. The fourth-order valence-corrected chi connectivity index (χ4v) is 8.08. The molecule has 0 saturated carbocycles. The van der Waals surface area contributed by atoms with E-state index in [1.807, 2.05) is 48.7 Å². The number of ether oxygens (including phenoxy) is 1. The number of amides is 2. The second-order valence-electron chi connectivity index (χ2n) is 10.9. The van der Waals surface area contributed by atoms with Crippen molar-refractivity contribution in [2.45, 2.75) is 36.0 Å². The number of thioether (sulfide) groups is 1. The monoisotopic (exact) mass is 679 g/mol. The van der Waals surface area contributed by atoms with Gasteiger partial charge in [0.2, 0.25) is 10.0 Å². The molecular formula is C31H33N7O5S3. The SMILES string of the molecule is Cc1ccc(C2CC(c3cccs3)=NN2C(=O)CSc2nnc(CNC(=O)c3ccc(S(=O)(=O)N4CCOCC4)cc3)n2C)cc1. The molecule has 2 aromatic heterocycles. The number of hydrogen-bond donors (Lipinski definition) is 1. The van der Waals surface area contributed by atoms with E-state index in [0.717, 1.165) is 21.7 Å². The Hall–Kier alpha value is -3.89. The average molecular weight is 680 g/mol. The van der Waals surface area contributed by atoms with Crippen LogP contribution < -0.4 is 5.32 Å². The highest BCUT2D eigenvalue weighted by atomic mass is 32.2. The number of aryl methyl sites for hydroxylation is 1. The molecular weight excluding hydrogens is 647 g/mol. The maximum Gasteiger partial charge on any atom is 0.253 e. The first kappa shape index (κ1) is 32.1. The first-order valence-corrected chi connectivity index (χ1v) is 18.0. The van der Waals surface area contributed by atoms with Gasteiger partial charge >= 0.3 is 0 Å². The zero-order valence-electron chi connectivity index (χ0n) is 25.3. The highest BCUT2D eigenvalue weighted by molar-refractivity contribution is 7.99. The Bertz CT molecular complexity index is 1830. The number of benzene rings is 2. The summed E-state index contributed by atoms with van der Waals surface area (Å²) in [7, 11) is -1.87. The molecule has 12 nitrogen and oxygen atoms in total. The van der Waals surface area contributed by atoms with Crippen LogP contribution in [0.25, 0.3) is 0 Å². The van der Waals surface area contributed by atoms with Gasteiger partial charge in [0.25, 0.3) is 11.8 Å². The minimum absolute atomic E-state index is 0.0980. The Morgan fingerprint density at radius 1 is 1.04 bits per heavy atom. The fourth-order valence-electron chi connectivity index (χ4n) is 5.17. The van der Waals surface area contributed by atoms with Crippen molar-refractivity contribution < 1.29 is 22.7 Å². The molecule has 1 unspecified atom stereocenters. The van der Waals surface area contributed by atoms with Crippen molar-refractivity contribution in [3.63, 3.8) is 0 Å². The molecule has 0 bridgehead atoms. The van der Waals surface area contributed by atoms with Crippen molar-refractivity contribution in [1.82, 2.24) is 29.4 Å². The Morgan fingerprint density at radius 2 is 1.78 bits per heavy atom. The van der Waals surface area contributed by atoms with Gasteiger partial charge in [-0.05, 0) is 48.2 Å². The van der Waals surface area contributed by atoms with Crippen LogP contribution in [0.15, 0.2) is 81.2 Å². The average Bonchev–Trinajstić information content (AvgIpc) is 3.84. The molecule has 0 radical (unpaired) electrons. The molecule has 15 heteroatoms. The second kappa shape index (κ2) is 13.8. The predicted molar refractivity (Wildman–Crippen MR) is 175 cm³/mol. The van der Waals surface area contributed by atoms with Gasteiger partial charge in [-0.15, -0.1) is 21.5 Å². The number of rotatable bonds is 10. The van der Waals surface area contributed by atoms with E-state index >= 15 is 0 Å². The summed E-state index contributed by atoms with van der Waals surface area (Å²) >= 11 is 2.86. The van der Waals surface area contributed by atoms with Crippen LogP contribution in [0.5, 0.6) is 0 Å². The quantitative estimate of drug-likeness (QED) is 0.251. The van der Waals surface area contributed by atoms with E-state index in [1.165, 1.54) is 40.3 Å². The molecule has 1 fully saturated rings. The van der Waals surface area contributed by atoms with Crippen molar-refractivity contribution >= 4 is 50.6 Å². The number of nitrogens with one attached hydrogen (secondary N) is 1. The molecule has 2 aromatic carbocycles. The number of hydrazone groups is 1. The van der Waals surface area contributed by atoms with Crippen LogP contribution in [0, 0.1) is 6.92 Å². The fraction of sp³-hybridized carbons (Fsp3) is 0.323. The molecule has 4 aromatic rings. The normalized spacial score (nSPS) is 17.2. The molecule has 4 heterocycles. The van der Waals surface area contributed by atoms with Gasteiger partial charge < -0.3 is 14.6 Å². The third kappa shape index (κ3) is 6.93. The van der Waals surface area contributed by atoms with Crippen molar-refractivity contribution in [1.29, 1.82) is 0 Å². The first-order chi connectivity index (χ1) is 22.2. The minimum Gasteiger partial charge on any atom is -0.379 e. The van der Waals surface area contributed by atoms with E-state index in [2.05, 4.69) is 15.5 Å². The van der Waals surface area contributed by atoms with E-state index < -0.39 is 10.0 Å². The topological polar surface area (TPSA) is 139 Å². The van der Waals surface area contributed by atoms with Gasteiger partial charge in [-0.2, -0.15) is 9.41 Å². The van der Waals surface area contributed by atoms with E-state index in [-0.39, 0.29) is 35.0 Å². The molecule has 2 amide bonds. The standard InChI is InChI=1S/C31H33N7O5S3/c1-21-5-7-22(8-6-21)26-18-25(27-4-3-17-44-27)35-38(26)29(39)20-45-31-34-33-28(36(31)2)19-32-30(40)23-9-11-24(12-10-23)46(41,42)37-13-15-43-16-14-37/h3-12,17,26H,13-16,18-20H2,1-2H3,(H,32,40). The Labute approximate surface area is 275 Å². The Kier molecular flexibility index (Phi) is 9.65. The van der Waals surface area contributed by atoms with Gasteiger partial charge in [0.1, 0.15) is 0 Å². The molecule has 1 atom stereocenters. The molecule has 1 N–H and O–H groups in total. The zero-order chi connectivity index (χ0) is 32.3. The highest BCUT2D eigenvalue weighted by Crippen LogP contribution is 2.34. The third-order valence-electron chi connectivity index (χ3n) is 7.81. The van der Waals surface area contributed by atoms with E-state index in [4.69, 9.17) is 9.84 Å². The maximum atomic E-state index is 13.5. The number of nitrogens with zero attached hydrogens (tertiary/aromatic N) is 6. The lowest BCUT2D eigenvalue weighted by atomic mass is 10.00. The summed E-state index contributed by atoms with van der Waals surface area (Å²) in [5.41, 5.74) is 3.39. The summed E-state index contributed by atoms with van der Waals surface area (Å²) in [6.45, 7) is 3.44. The number of sulfonamides is 1. The predicted octanol–water partition coefficient (Wildman–Crippen LogP) is 3.61. The van der Waals surface area contributed by atoms with Crippen LogP contribution in [0.3, 0.4) is 0 Å². The molecule has 240 valence electrons. The van der Waals surface area contributed by atoms with Gasteiger partial charge in [0, 0.05) is 32.1 Å². The Morgan fingerprint density at radius 3 is 2.48 bits per heavy atom. The highest BCUT2D eigenvalue weighted by Gasteiger charge is 2.33. The van der Waals surface area contributed by atoms with E-state index in [0.29, 0.717) is 49.3 Å².